The van der Waals surface area contributed by atoms with Gasteiger partial charge in [-0.1, -0.05) is 38.6 Å². The molecule has 2 saturated heterocycles. The fraction of sp³-hybridized carbons (Fsp3) is 0.358. The number of anilines is 7. The number of para-hydroxylation sites is 2. The third-order valence-electron chi connectivity index (χ3n) is 12.3. The maximum atomic E-state index is 12.9. The van der Waals surface area contributed by atoms with Gasteiger partial charge in [-0.15, -0.1) is 0 Å². The molecule has 0 aliphatic carbocycles. The molecular weight excluding hydrogens is 933 g/mol. The van der Waals surface area contributed by atoms with E-state index in [0.29, 0.717) is 40.7 Å². The molecule has 2 aliphatic heterocycles. The lowest BCUT2D eigenvalue weighted by molar-refractivity contribution is 0.102. The number of benzene rings is 4. The second-order valence-electron chi connectivity index (χ2n) is 17.4. The molecule has 0 radical (unpaired) electrons. The van der Waals surface area contributed by atoms with Gasteiger partial charge in [-0.25, -0.2) is 23.4 Å². The number of ketones is 2. The minimum atomic E-state index is -3.58. The zero-order valence-corrected chi connectivity index (χ0v) is 42.4. The van der Waals surface area contributed by atoms with Crippen molar-refractivity contribution in [3.63, 3.8) is 0 Å². The molecule has 384 valence electrons. The van der Waals surface area contributed by atoms with Crippen LogP contribution in [0.25, 0.3) is 0 Å². The van der Waals surface area contributed by atoms with E-state index in [9.17, 15) is 18.0 Å². The van der Waals surface area contributed by atoms with Crippen molar-refractivity contribution in [3.8, 4) is 11.5 Å². The molecule has 72 heavy (non-hydrogen) atoms. The number of methoxy groups -OCH3 is 2. The molecule has 19 heteroatoms. The van der Waals surface area contributed by atoms with Gasteiger partial charge in [0.15, 0.2) is 0 Å². The van der Waals surface area contributed by atoms with Crippen molar-refractivity contribution in [1.82, 2.24) is 29.7 Å². The predicted octanol–water partition coefficient (Wildman–Crippen LogP) is 7.10. The van der Waals surface area contributed by atoms with E-state index in [1.165, 1.54) is 38.7 Å². The quantitative estimate of drug-likeness (QED) is 0.0483. The fourth-order valence-corrected chi connectivity index (χ4v) is 8.69. The molecule has 8 rings (SSSR count). The Kier molecular flexibility index (Phi) is 19.8. The zero-order chi connectivity index (χ0) is 51.2. The predicted molar refractivity (Wildman–Crippen MR) is 289 cm³/mol. The largest absolute Gasteiger partial charge is 0.496 e. The number of sulfone groups is 1. The smallest absolute Gasteiger partial charge is 0.249 e. The normalized spacial score (nSPS) is 14.0. The van der Waals surface area contributed by atoms with Gasteiger partial charge in [-0.05, 0) is 100 Å². The third-order valence-corrected chi connectivity index (χ3v) is 13.8. The number of rotatable bonds is 14. The summed E-state index contributed by atoms with van der Waals surface area (Å²) in [5, 5.41) is 2.78. The Morgan fingerprint density at radius 3 is 1.42 bits per heavy atom. The summed E-state index contributed by atoms with van der Waals surface area (Å²) in [6.45, 7) is 19.2. The number of hydrogen-bond acceptors (Lipinski definition) is 18. The van der Waals surface area contributed by atoms with Crippen LogP contribution in [-0.2, 0) is 9.84 Å². The standard InChI is InChI=1S/C25H30N6O2.C14H15N3O4S.C13H21N3.CH4/c1-17(2)30-12-14-31(15-13-30)19-10-8-18(9-11-19)28-25-27-16-21(24(26)29-25)23(32)20-6-4-5-7-22(20)33-3;1-3-22(19,20)14-16-8-10(13(15)17-14)12(18)9-6-4-5-7-11(9)21-2;1-11(2)15-7-9-16(10-8-15)13-5-3-12(14)4-6-13;/h4-11,16-17H,12-15H2,1-3H3,(H3,26,27,28,29);4-8H,3H2,1-2H3,(H2,15,16,17);3-6,11H,7-10,14H2,1-2H3;1H4. The average molecular weight is 1000 g/mol. The molecule has 0 spiro atoms. The lowest BCUT2D eigenvalue weighted by Crippen LogP contribution is -2.48. The van der Waals surface area contributed by atoms with Crippen LogP contribution in [0.1, 0.15) is 73.9 Å². The molecular formula is C53H70N12O6S. The Morgan fingerprint density at radius 2 is 1.01 bits per heavy atom. The first-order chi connectivity index (χ1) is 34.0. The van der Waals surface area contributed by atoms with Crippen LogP contribution in [0.4, 0.5) is 40.3 Å². The van der Waals surface area contributed by atoms with Gasteiger partial charge in [0, 0.05) is 99.6 Å². The van der Waals surface area contributed by atoms with Crippen LogP contribution in [0.3, 0.4) is 0 Å². The van der Waals surface area contributed by atoms with E-state index in [4.69, 9.17) is 26.7 Å². The number of nitrogens with two attached hydrogens (primary N) is 3. The number of carbonyl (C=O) groups excluding carboxylic acids is 2. The van der Waals surface area contributed by atoms with E-state index in [1.807, 2.05) is 24.3 Å². The van der Waals surface area contributed by atoms with Gasteiger partial charge in [0.05, 0.1) is 42.2 Å². The van der Waals surface area contributed by atoms with Gasteiger partial charge in [0.1, 0.15) is 23.1 Å². The van der Waals surface area contributed by atoms with Crippen LogP contribution in [-0.4, -0.2) is 134 Å². The number of nitrogen functional groups attached to an aromatic ring is 3. The molecule has 0 saturated carbocycles. The highest BCUT2D eigenvalue weighted by molar-refractivity contribution is 7.91. The molecule has 2 aromatic heterocycles. The van der Waals surface area contributed by atoms with Crippen LogP contribution in [0.15, 0.2) is 115 Å². The molecule has 18 nitrogen and oxygen atoms in total. The van der Waals surface area contributed by atoms with Crippen LogP contribution in [0.5, 0.6) is 11.5 Å². The molecule has 4 aromatic carbocycles. The third kappa shape index (κ3) is 14.2. The van der Waals surface area contributed by atoms with Crippen molar-refractivity contribution >= 4 is 61.7 Å². The maximum absolute atomic E-state index is 12.9. The lowest BCUT2D eigenvalue weighted by atomic mass is 10.0. The number of carbonyl (C=O) groups is 2. The van der Waals surface area contributed by atoms with Crippen LogP contribution in [0, 0.1) is 0 Å². The Morgan fingerprint density at radius 1 is 0.597 bits per heavy atom. The molecule has 6 aromatic rings. The van der Waals surface area contributed by atoms with E-state index < -0.39 is 15.6 Å². The Labute approximate surface area is 424 Å². The number of aromatic nitrogens is 4. The SMILES string of the molecule is C.CC(C)N1CCN(c2ccc(N)cc2)CC1.CCS(=O)(=O)c1ncc(C(=O)c2ccccc2OC)c(N)n1.COc1ccccc1C(=O)c1cnc(Nc2ccc(N3CCN(C(C)C)CC3)cc2)nc1N. The number of hydrogen-bond donors (Lipinski definition) is 4. The van der Waals surface area contributed by atoms with Crippen molar-refractivity contribution in [2.45, 2.75) is 59.3 Å². The summed E-state index contributed by atoms with van der Waals surface area (Å²) in [4.78, 5) is 51.3. The van der Waals surface area contributed by atoms with Gasteiger partial charge in [-0.2, -0.15) is 4.98 Å². The molecule has 4 heterocycles. The average Bonchev–Trinajstić information content (AvgIpc) is 3.39. The van der Waals surface area contributed by atoms with Gasteiger partial charge in [0.25, 0.3) is 0 Å². The minimum absolute atomic E-state index is 0. The monoisotopic (exact) mass is 1000 g/mol. The molecule has 0 amide bonds. The lowest BCUT2D eigenvalue weighted by Gasteiger charge is -2.38. The number of piperazine rings is 2. The molecule has 2 aliphatic rings. The topological polar surface area (TPSA) is 241 Å². The molecule has 7 N–H and O–H groups in total. The summed E-state index contributed by atoms with van der Waals surface area (Å²) in [7, 11) is -0.608. The van der Waals surface area contributed by atoms with E-state index in [-0.39, 0.29) is 46.9 Å². The number of nitrogens with one attached hydrogen (secondary N) is 1. The highest BCUT2D eigenvalue weighted by atomic mass is 32.2. The Bertz CT molecular complexity index is 2830. The van der Waals surface area contributed by atoms with Gasteiger partial charge in [0.2, 0.25) is 32.5 Å². The summed E-state index contributed by atoms with van der Waals surface area (Å²) >= 11 is 0. The minimum Gasteiger partial charge on any atom is -0.496 e. The molecule has 0 bridgehead atoms. The van der Waals surface area contributed by atoms with Crippen LogP contribution in [0.2, 0.25) is 0 Å². The van der Waals surface area contributed by atoms with E-state index in [2.05, 4.69) is 96.8 Å². The Hall–Kier alpha value is -7.35. The molecule has 2 fully saturated rings. The van der Waals surface area contributed by atoms with Crippen LogP contribution >= 0.6 is 0 Å². The van der Waals surface area contributed by atoms with Gasteiger partial charge >= 0.3 is 0 Å². The first-order valence-electron chi connectivity index (χ1n) is 23.6. The molecule has 0 atom stereocenters. The fourth-order valence-electron chi connectivity index (χ4n) is 7.98. The summed E-state index contributed by atoms with van der Waals surface area (Å²) in [5.74, 6) is 0.274. The summed E-state index contributed by atoms with van der Waals surface area (Å²) in [5.41, 5.74) is 22.7. The van der Waals surface area contributed by atoms with Crippen LogP contribution < -0.4 is 41.8 Å². The first kappa shape index (κ1) is 55.6. The highest BCUT2D eigenvalue weighted by Gasteiger charge is 2.24. The van der Waals surface area contributed by atoms with Crippen molar-refractivity contribution in [2.75, 3.05) is 105 Å². The highest BCUT2D eigenvalue weighted by Crippen LogP contribution is 2.27. The second-order valence-corrected chi connectivity index (χ2v) is 19.6. The number of ether oxygens (including phenoxy) is 2. The zero-order valence-electron chi connectivity index (χ0n) is 41.6. The van der Waals surface area contributed by atoms with Gasteiger partial charge in [-0.3, -0.25) is 19.4 Å². The summed E-state index contributed by atoms with van der Waals surface area (Å²) in [6, 6.07) is 31.2. The summed E-state index contributed by atoms with van der Waals surface area (Å²) < 4.78 is 33.8. The van der Waals surface area contributed by atoms with E-state index in [1.54, 1.807) is 48.5 Å². The van der Waals surface area contributed by atoms with Gasteiger partial charge < -0.3 is 41.8 Å². The Balaban J connectivity index is 0.000000214. The van der Waals surface area contributed by atoms with E-state index >= 15 is 0 Å². The van der Waals surface area contributed by atoms with Crippen molar-refractivity contribution < 1.29 is 27.5 Å². The van der Waals surface area contributed by atoms with Crippen molar-refractivity contribution in [2.24, 2.45) is 0 Å². The first-order valence-corrected chi connectivity index (χ1v) is 25.2. The second kappa shape index (κ2) is 25.7. The number of nitrogens with zero attached hydrogens (tertiary/aromatic N) is 8. The maximum Gasteiger partial charge on any atom is 0.249 e. The van der Waals surface area contributed by atoms with Crippen molar-refractivity contribution in [1.29, 1.82) is 0 Å². The van der Waals surface area contributed by atoms with E-state index in [0.717, 1.165) is 69.9 Å². The molecule has 0 unspecified atom stereocenters. The summed E-state index contributed by atoms with van der Waals surface area (Å²) in [6.07, 6.45) is 2.57. The van der Waals surface area contributed by atoms with Crippen molar-refractivity contribution in [3.05, 3.63) is 132 Å².